The first-order valence-electron chi connectivity index (χ1n) is 7.70. The van der Waals surface area contributed by atoms with E-state index in [-0.39, 0.29) is 5.82 Å². The van der Waals surface area contributed by atoms with E-state index in [1.165, 1.54) is 12.6 Å². The van der Waals surface area contributed by atoms with Crippen LogP contribution in [-0.4, -0.2) is 37.2 Å². The molecule has 1 aliphatic rings. The van der Waals surface area contributed by atoms with Crippen LogP contribution in [-0.2, 0) is 0 Å². The Morgan fingerprint density at radius 1 is 1.14 bits per heavy atom. The molecule has 22 heavy (non-hydrogen) atoms. The van der Waals surface area contributed by atoms with Crippen molar-refractivity contribution in [2.75, 3.05) is 37.0 Å². The van der Waals surface area contributed by atoms with Gasteiger partial charge in [0.1, 0.15) is 0 Å². The van der Waals surface area contributed by atoms with Crippen molar-refractivity contribution in [3.8, 4) is 11.4 Å². The number of anilines is 2. The second-order valence-electron chi connectivity index (χ2n) is 5.86. The summed E-state index contributed by atoms with van der Waals surface area (Å²) in [6, 6.07) is 7.98. The van der Waals surface area contributed by atoms with E-state index < -0.39 is 0 Å². The first kappa shape index (κ1) is 14.8. The molecule has 1 aliphatic heterocycles. The normalized spacial score (nSPS) is 15.0. The lowest BCUT2D eigenvalue weighted by molar-refractivity contribution is 0.547. The molecule has 5 heteroatoms. The Hall–Kier alpha value is -2.17. The fourth-order valence-electron chi connectivity index (χ4n) is 2.75. The monoisotopic (exact) mass is 300 g/mol. The van der Waals surface area contributed by atoms with E-state index in [2.05, 4.69) is 9.97 Å². The number of hydrogen-bond acceptors (Lipinski definition) is 4. The van der Waals surface area contributed by atoms with Crippen LogP contribution in [0.25, 0.3) is 11.4 Å². The van der Waals surface area contributed by atoms with Crippen LogP contribution in [0.1, 0.15) is 19.3 Å². The number of hydrogen-bond donors (Lipinski definition) is 0. The fourth-order valence-corrected chi connectivity index (χ4v) is 2.75. The summed E-state index contributed by atoms with van der Waals surface area (Å²) < 4.78 is 14.1. The van der Waals surface area contributed by atoms with Crippen LogP contribution >= 0.6 is 0 Å². The van der Waals surface area contributed by atoms with Crippen molar-refractivity contribution in [1.82, 2.24) is 9.97 Å². The van der Waals surface area contributed by atoms with Gasteiger partial charge in [-0.2, -0.15) is 0 Å². The van der Waals surface area contributed by atoms with E-state index in [1.807, 2.05) is 48.2 Å². The average molecular weight is 300 g/mol. The zero-order valence-corrected chi connectivity index (χ0v) is 13.1. The van der Waals surface area contributed by atoms with Gasteiger partial charge in [-0.3, -0.25) is 0 Å². The van der Waals surface area contributed by atoms with E-state index in [1.54, 1.807) is 0 Å². The first-order chi connectivity index (χ1) is 10.6. The maximum atomic E-state index is 14.1. The van der Waals surface area contributed by atoms with Gasteiger partial charge in [0.25, 0.3) is 0 Å². The zero-order valence-electron chi connectivity index (χ0n) is 13.1. The van der Waals surface area contributed by atoms with Gasteiger partial charge in [0.2, 0.25) is 0 Å². The van der Waals surface area contributed by atoms with Crippen LogP contribution in [0.15, 0.2) is 30.5 Å². The van der Waals surface area contributed by atoms with Gasteiger partial charge in [-0.1, -0.05) is 12.1 Å². The number of piperidine rings is 1. The summed E-state index contributed by atoms with van der Waals surface area (Å²) >= 11 is 0. The SMILES string of the molecule is CN(C)c1cccc(-c2ncc(F)c(N3CCCCC3)n2)c1. The molecule has 2 aromatic rings. The molecule has 2 heterocycles. The Bertz CT molecular complexity index is 651. The third kappa shape index (κ3) is 3.03. The van der Waals surface area contributed by atoms with Gasteiger partial charge in [0.15, 0.2) is 17.5 Å². The molecule has 0 N–H and O–H groups in total. The molecule has 0 saturated carbocycles. The molecule has 1 saturated heterocycles. The van der Waals surface area contributed by atoms with E-state index in [9.17, 15) is 4.39 Å². The van der Waals surface area contributed by atoms with Crippen molar-refractivity contribution >= 4 is 11.5 Å². The highest BCUT2D eigenvalue weighted by molar-refractivity contribution is 5.64. The van der Waals surface area contributed by atoms with Gasteiger partial charge in [0, 0.05) is 38.4 Å². The number of benzene rings is 1. The Morgan fingerprint density at radius 3 is 2.64 bits per heavy atom. The van der Waals surface area contributed by atoms with E-state index >= 15 is 0 Å². The summed E-state index contributed by atoms with van der Waals surface area (Å²) in [5.41, 5.74) is 1.98. The lowest BCUT2D eigenvalue weighted by Gasteiger charge is -2.28. The van der Waals surface area contributed by atoms with Crippen molar-refractivity contribution in [3.05, 3.63) is 36.3 Å². The number of halogens is 1. The Balaban J connectivity index is 1.96. The van der Waals surface area contributed by atoms with Gasteiger partial charge in [0.05, 0.1) is 6.20 Å². The van der Waals surface area contributed by atoms with Gasteiger partial charge < -0.3 is 9.80 Å². The molecule has 0 unspecified atom stereocenters. The second kappa shape index (κ2) is 6.30. The highest BCUT2D eigenvalue weighted by atomic mass is 19.1. The first-order valence-corrected chi connectivity index (χ1v) is 7.70. The fraction of sp³-hybridized carbons (Fsp3) is 0.412. The van der Waals surface area contributed by atoms with Crippen molar-refractivity contribution < 1.29 is 4.39 Å². The second-order valence-corrected chi connectivity index (χ2v) is 5.86. The lowest BCUT2D eigenvalue weighted by Crippen LogP contribution is -2.31. The summed E-state index contributed by atoms with van der Waals surface area (Å²) in [4.78, 5) is 12.7. The standard InChI is InChI=1S/C17H21FN4/c1-21(2)14-8-6-7-13(11-14)16-19-12-15(18)17(20-16)22-9-4-3-5-10-22/h6-8,11-12H,3-5,9-10H2,1-2H3. The van der Waals surface area contributed by atoms with Crippen LogP contribution in [0.2, 0.25) is 0 Å². The maximum Gasteiger partial charge on any atom is 0.183 e. The van der Waals surface area contributed by atoms with Crippen LogP contribution in [0, 0.1) is 5.82 Å². The number of aromatic nitrogens is 2. The van der Waals surface area contributed by atoms with Gasteiger partial charge in [-0.25, -0.2) is 14.4 Å². The molecule has 0 atom stereocenters. The number of nitrogens with zero attached hydrogens (tertiary/aromatic N) is 4. The third-order valence-corrected chi connectivity index (χ3v) is 4.00. The molecule has 0 aliphatic carbocycles. The zero-order chi connectivity index (χ0) is 15.5. The minimum atomic E-state index is -0.339. The Labute approximate surface area is 130 Å². The Kier molecular flexibility index (Phi) is 4.22. The summed E-state index contributed by atoms with van der Waals surface area (Å²) in [7, 11) is 3.98. The largest absolute Gasteiger partial charge is 0.378 e. The molecule has 0 amide bonds. The van der Waals surface area contributed by atoms with Gasteiger partial charge >= 0.3 is 0 Å². The molecule has 0 spiro atoms. The molecule has 0 bridgehead atoms. The molecule has 0 radical (unpaired) electrons. The number of rotatable bonds is 3. The summed E-state index contributed by atoms with van der Waals surface area (Å²) in [6.45, 7) is 1.73. The van der Waals surface area contributed by atoms with Crippen LogP contribution in [0.3, 0.4) is 0 Å². The maximum absolute atomic E-state index is 14.1. The van der Waals surface area contributed by atoms with Crippen molar-refractivity contribution in [2.24, 2.45) is 0 Å². The van der Waals surface area contributed by atoms with Crippen LogP contribution < -0.4 is 9.80 Å². The molecule has 116 valence electrons. The van der Waals surface area contributed by atoms with Gasteiger partial charge in [-0.05, 0) is 31.4 Å². The minimum absolute atomic E-state index is 0.339. The van der Waals surface area contributed by atoms with Crippen LogP contribution in [0.5, 0.6) is 0 Å². The highest BCUT2D eigenvalue weighted by Crippen LogP contribution is 2.25. The molecule has 1 aromatic carbocycles. The van der Waals surface area contributed by atoms with Crippen molar-refractivity contribution in [2.45, 2.75) is 19.3 Å². The predicted octanol–water partition coefficient (Wildman–Crippen LogP) is 3.34. The smallest absolute Gasteiger partial charge is 0.183 e. The average Bonchev–Trinajstić information content (AvgIpc) is 2.56. The minimum Gasteiger partial charge on any atom is -0.378 e. The van der Waals surface area contributed by atoms with E-state index in [4.69, 9.17) is 0 Å². The summed E-state index contributed by atoms with van der Waals surface area (Å²) in [6.07, 6.45) is 4.68. The molecule has 3 rings (SSSR count). The van der Waals surface area contributed by atoms with Crippen molar-refractivity contribution in [3.63, 3.8) is 0 Å². The van der Waals surface area contributed by atoms with Crippen molar-refractivity contribution in [1.29, 1.82) is 0 Å². The predicted molar refractivity (Wildman–Crippen MR) is 87.8 cm³/mol. The quantitative estimate of drug-likeness (QED) is 0.870. The topological polar surface area (TPSA) is 32.3 Å². The molecular weight excluding hydrogens is 279 g/mol. The van der Waals surface area contributed by atoms with Gasteiger partial charge in [-0.15, -0.1) is 0 Å². The molecule has 4 nitrogen and oxygen atoms in total. The molecular formula is C17H21FN4. The lowest BCUT2D eigenvalue weighted by atomic mass is 10.1. The molecule has 1 aromatic heterocycles. The van der Waals surface area contributed by atoms with E-state index in [0.717, 1.165) is 37.2 Å². The summed E-state index contributed by atoms with van der Waals surface area (Å²) in [5.74, 6) is 0.667. The van der Waals surface area contributed by atoms with E-state index in [0.29, 0.717) is 11.6 Å². The van der Waals surface area contributed by atoms with Crippen LogP contribution in [0.4, 0.5) is 15.9 Å². The summed E-state index contributed by atoms with van der Waals surface area (Å²) in [5, 5.41) is 0. The Morgan fingerprint density at radius 2 is 1.91 bits per heavy atom. The molecule has 1 fully saturated rings. The highest BCUT2D eigenvalue weighted by Gasteiger charge is 2.18. The third-order valence-electron chi connectivity index (χ3n) is 4.00.